The number of fused-ring (bicyclic) bond motifs is 1. The molecule has 246 valence electrons. The van der Waals surface area contributed by atoms with Crippen molar-refractivity contribution in [2.45, 2.75) is 99.1 Å². The Bertz CT molecular complexity index is 1580. The fourth-order valence-corrected chi connectivity index (χ4v) is 7.71. The first-order chi connectivity index (χ1) is 21.8. The maximum Gasteiger partial charge on any atom is 0.249 e. The molecule has 0 bridgehead atoms. The lowest BCUT2D eigenvalue weighted by molar-refractivity contribution is -0.129. The van der Waals surface area contributed by atoms with Crippen LogP contribution >= 0.6 is 0 Å². The summed E-state index contributed by atoms with van der Waals surface area (Å²) >= 11 is 0. The molecule has 5 rings (SSSR count). The molecule has 5 nitrogen and oxygen atoms in total. The van der Waals surface area contributed by atoms with E-state index in [2.05, 4.69) is 119 Å². The first kappa shape index (κ1) is 33.6. The monoisotopic (exact) mass is 621 g/mol. The van der Waals surface area contributed by atoms with Gasteiger partial charge in [0.05, 0.1) is 18.8 Å². The summed E-state index contributed by atoms with van der Waals surface area (Å²) in [4.78, 5) is 17.5. The molecule has 1 atom stereocenters. The summed E-state index contributed by atoms with van der Waals surface area (Å²) in [5.41, 5.74) is 12.1. The van der Waals surface area contributed by atoms with E-state index in [0.29, 0.717) is 12.0 Å². The van der Waals surface area contributed by atoms with E-state index in [1.165, 1.54) is 46.3 Å². The standard InChI is InChI=1S/C41H55N3O2/c1-26(24-41(6,7)8)40(45)44-21-20-36-32(12-11-13-35(36)30(44)5)22-31-14-17-34(18-15-31)42-38-19-16-33(23-39(38)46-10)37-25-43(9)29(4)27(2)28(37)3/h11-13,16,19,23-25,30-31,34,42H,4,14-15,17-18,20-22H2,1-3,5-10H3/b26-24+. The summed E-state index contributed by atoms with van der Waals surface area (Å²) in [7, 11) is 3.82. The Hall–Kier alpha value is -3.73. The maximum absolute atomic E-state index is 13.4. The average Bonchev–Trinajstić information content (AvgIpc) is 3.02. The molecule has 1 fully saturated rings. The van der Waals surface area contributed by atoms with Gasteiger partial charge in [-0.2, -0.15) is 0 Å². The minimum Gasteiger partial charge on any atom is -0.495 e. The Kier molecular flexibility index (Phi) is 9.91. The van der Waals surface area contributed by atoms with Crippen molar-refractivity contribution in [1.82, 2.24) is 9.80 Å². The van der Waals surface area contributed by atoms with Crippen molar-refractivity contribution in [2.24, 2.45) is 11.3 Å². The highest BCUT2D eigenvalue weighted by molar-refractivity contribution is 5.93. The Balaban J connectivity index is 1.21. The number of nitrogens with zero attached hydrogens (tertiary/aromatic N) is 2. The summed E-state index contributed by atoms with van der Waals surface area (Å²) in [6.45, 7) is 19.9. The largest absolute Gasteiger partial charge is 0.495 e. The molecule has 46 heavy (non-hydrogen) atoms. The number of methoxy groups -OCH3 is 1. The third-order valence-electron chi connectivity index (χ3n) is 10.5. The van der Waals surface area contributed by atoms with Crippen molar-refractivity contribution >= 4 is 17.2 Å². The Morgan fingerprint density at radius 1 is 1.09 bits per heavy atom. The zero-order valence-corrected chi connectivity index (χ0v) is 29.7. The number of amides is 1. The molecule has 1 unspecified atom stereocenters. The maximum atomic E-state index is 13.4. The second kappa shape index (κ2) is 13.6. The van der Waals surface area contributed by atoms with Crippen molar-refractivity contribution in [2.75, 3.05) is 26.0 Å². The first-order valence-corrected chi connectivity index (χ1v) is 17.1. The smallest absolute Gasteiger partial charge is 0.249 e. The summed E-state index contributed by atoms with van der Waals surface area (Å²) in [5.74, 6) is 1.74. The lowest BCUT2D eigenvalue weighted by Gasteiger charge is -2.37. The molecule has 0 spiro atoms. The number of hydrogen-bond donors (Lipinski definition) is 1. The van der Waals surface area contributed by atoms with Gasteiger partial charge in [0.25, 0.3) is 0 Å². The molecule has 0 radical (unpaired) electrons. The zero-order valence-electron chi connectivity index (χ0n) is 29.7. The SMILES string of the molecule is C=C1C(C)=C(C)C(c2ccc(NC3CCC(Cc4cccc5c4CCN(C(=O)/C(C)=C/C(C)(C)C)C5C)CC3)c(OC)c2)=CN1C. The van der Waals surface area contributed by atoms with Crippen LogP contribution in [0.15, 0.2) is 77.7 Å². The highest BCUT2D eigenvalue weighted by Gasteiger charge is 2.31. The minimum absolute atomic E-state index is 0.00790. The van der Waals surface area contributed by atoms with Gasteiger partial charge >= 0.3 is 0 Å². The Morgan fingerprint density at radius 2 is 1.80 bits per heavy atom. The van der Waals surface area contributed by atoms with Crippen LogP contribution in [0.4, 0.5) is 5.69 Å². The lowest BCUT2D eigenvalue weighted by Crippen LogP contribution is -2.40. The molecule has 5 heteroatoms. The molecule has 2 aliphatic heterocycles. The quantitative estimate of drug-likeness (QED) is 0.313. The summed E-state index contributed by atoms with van der Waals surface area (Å²) in [6, 6.07) is 13.9. The number of allylic oxidation sites excluding steroid dienone is 4. The predicted molar refractivity (Wildman–Crippen MR) is 193 cm³/mol. The number of hydrogen-bond acceptors (Lipinski definition) is 4. The van der Waals surface area contributed by atoms with Crippen molar-refractivity contribution in [1.29, 1.82) is 0 Å². The molecule has 0 aromatic heterocycles. The molecule has 1 N–H and O–H groups in total. The topological polar surface area (TPSA) is 44.8 Å². The highest BCUT2D eigenvalue weighted by atomic mass is 16.5. The molecule has 2 heterocycles. The van der Waals surface area contributed by atoms with E-state index in [-0.39, 0.29) is 17.4 Å². The van der Waals surface area contributed by atoms with Crippen LogP contribution in [0, 0.1) is 11.3 Å². The fraction of sp³-hybridized carbons (Fsp3) is 0.488. The van der Waals surface area contributed by atoms with Gasteiger partial charge in [0.15, 0.2) is 0 Å². The second-order valence-electron chi connectivity index (χ2n) is 14.9. The van der Waals surface area contributed by atoms with Crippen LogP contribution in [0.2, 0.25) is 0 Å². The Morgan fingerprint density at radius 3 is 2.48 bits per heavy atom. The zero-order chi connectivity index (χ0) is 33.3. The van der Waals surface area contributed by atoms with E-state index in [1.807, 2.05) is 6.92 Å². The lowest BCUT2D eigenvalue weighted by atomic mass is 9.79. The average molecular weight is 622 g/mol. The van der Waals surface area contributed by atoms with E-state index in [0.717, 1.165) is 60.5 Å². The normalized spacial score (nSPS) is 22.5. The molecule has 1 saturated carbocycles. The Labute approximate surface area is 278 Å². The highest BCUT2D eigenvalue weighted by Crippen LogP contribution is 2.39. The van der Waals surface area contributed by atoms with Crippen LogP contribution in [0.3, 0.4) is 0 Å². The van der Waals surface area contributed by atoms with Crippen molar-refractivity contribution in [3.8, 4) is 5.75 Å². The third-order valence-corrected chi connectivity index (χ3v) is 10.5. The molecule has 1 aliphatic carbocycles. The van der Waals surface area contributed by atoms with E-state index in [9.17, 15) is 4.79 Å². The number of nitrogens with one attached hydrogen (secondary N) is 1. The van der Waals surface area contributed by atoms with Gasteiger partial charge in [0.2, 0.25) is 5.91 Å². The van der Waals surface area contributed by atoms with Gasteiger partial charge in [0.1, 0.15) is 5.75 Å². The number of likely N-dealkylation sites (N-methyl/N-ethyl adjacent to an activating group) is 1. The van der Waals surface area contributed by atoms with Crippen LogP contribution in [-0.2, 0) is 17.6 Å². The number of carbonyl (C=O) groups is 1. The van der Waals surface area contributed by atoms with Crippen LogP contribution in [-0.4, -0.2) is 42.5 Å². The van der Waals surface area contributed by atoms with Crippen molar-refractivity contribution in [3.05, 3.63) is 99.9 Å². The summed E-state index contributed by atoms with van der Waals surface area (Å²) in [5, 5.41) is 3.82. The number of rotatable bonds is 7. The molecule has 2 aromatic carbocycles. The van der Waals surface area contributed by atoms with Gasteiger partial charge < -0.3 is 19.9 Å². The molecular weight excluding hydrogens is 566 g/mol. The van der Waals surface area contributed by atoms with E-state index >= 15 is 0 Å². The van der Waals surface area contributed by atoms with Crippen molar-refractivity contribution < 1.29 is 9.53 Å². The van der Waals surface area contributed by atoms with Crippen LogP contribution in [0.5, 0.6) is 5.75 Å². The van der Waals surface area contributed by atoms with Crippen LogP contribution in [0.25, 0.3) is 5.57 Å². The molecular formula is C41H55N3O2. The fourth-order valence-electron chi connectivity index (χ4n) is 7.71. The molecule has 3 aliphatic rings. The first-order valence-electron chi connectivity index (χ1n) is 17.1. The molecule has 0 saturated heterocycles. The van der Waals surface area contributed by atoms with Crippen molar-refractivity contribution in [3.63, 3.8) is 0 Å². The van der Waals surface area contributed by atoms with E-state index < -0.39 is 0 Å². The van der Waals surface area contributed by atoms with Gasteiger partial charge in [0, 0.05) is 42.7 Å². The second-order valence-corrected chi connectivity index (χ2v) is 14.9. The minimum atomic E-state index is -0.00790. The van der Waals surface area contributed by atoms with Gasteiger partial charge in [-0.25, -0.2) is 0 Å². The predicted octanol–water partition coefficient (Wildman–Crippen LogP) is 9.48. The van der Waals surface area contributed by atoms with Crippen LogP contribution < -0.4 is 10.1 Å². The summed E-state index contributed by atoms with van der Waals surface area (Å²) < 4.78 is 5.88. The summed E-state index contributed by atoms with van der Waals surface area (Å²) in [6.07, 6.45) is 11.1. The van der Waals surface area contributed by atoms with E-state index in [4.69, 9.17) is 4.74 Å². The molecule has 1 amide bonds. The van der Waals surface area contributed by atoms with Gasteiger partial charge in [-0.15, -0.1) is 0 Å². The van der Waals surface area contributed by atoms with E-state index in [1.54, 1.807) is 7.11 Å². The van der Waals surface area contributed by atoms with Crippen LogP contribution in [0.1, 0.15) is 102 Å². The molecule has 2 aromatic rings. The third kappa shape index (κ3) is 7.14. The van der Waals surface area contributed by atoms with Gasteiger partial charge in [-0.1, -0.05) is 57.7 Å². The van der Waals surface area contributed by atoms with Gasteiger partial charge in [-0.05, 0) is 123 Å². The van der Waals surface area contributed by atoms with Gasteiger partial charge in [-0.3, -0.25) is 4.79 Å². The number of ether oxygens (including phenoxy) is 1. The number of anilines is 1. The number of carbonyl (C=O) groups excluding carboxylic acids is 1. The number of benzene rings is 2.